The van der Waals surface area contributed by atoms with E-state index in [4.69, 9.17) is 46.4 Å². The molecule has 4 aromatic rings. The molecule has 0 N–H and O–H groups in total. The van der Waals surface area contributed by atoms with Crippen molar-refractivity contribution in [3.05, 3.63) is 112 Å². The van der Waals surface area contributed by atoms with E-state index in [9.17, 15) is 9.59 Å². The number of allylic oxidation sites excluding steroid dienone is 1. The first-order chi connectivity index (χ1) is 18.9. The summed E-state index contributed by atoms with van der Waals surface area (Å²) < 4.78 is 0. The Hall–Kier alpha value is -2.60. The Morgan fingerprint density at radius 3 is 1.82 bits per heavy atom. The summed E-state index contributed by atoms with van der Waals surface area (Å²) >= 11 is 26.7. The van der Waals surface area contributed by atoms with Crippen molar-refractivity contribution in [2.75, 3.05) is 4.90 Å². The summed E-state index contributed by atoms with van der Waals surface area (Å²) in [6, 6.07) is 17.1. The second-order valence-corrected chi connectivity index (χ2v) is 14.0. The number of fused-ring (bicyclic) bond motifs is 5. The number of hydrogen-bond donors (Lipinski definition) is 0. The van der Waals surface area contributed by atoms with Gasteiger partial charge in [0.05, 0.1) is 48.2 Å². The molecule has 0 saturated carbocycles. The molecule has 0 amide bonds. The third-order valence-corrected chi connectivity index (χ3v) is 11.4. The highest BCUT2D eigenvalue weighted by Gasteiger charge is 2.46. The summed E-state index contributed by atoms with van der Waals surface area (Å²) in [5.41, 5.74) is 6.72. The smallest absolute Gasteiger partial charge is 0.199 e. The molecular weight excluding hydrogens is 604 g/mol. The lowest BCUT2D eigenvalue weighted by Gasteiger charge is -2.48. The average Bonchev–Trinajstić information content (AvgIpc) is 3.46. The van der Waals surface area contributed by atoms with E-state index < -0.39 is 11.6 Å². The summed E-state index contributed by atoms with van der Waals surface area (Å²) in [5.74, 6) is -1.02. The second-order valence-electron chi connectivity index (χ2n) is 11.4. The molecule has 0 bridgehead atoms. The van der Waals surface area contributed by atoms with Crippen LogP contribution in [0, 0.1) is 0 Å². The van der Waals surface area contributed by atoms with E-state index in [1.165, 1.54) is 22.4 Å². The Morgan fingerprint density at radius 1 is 0.700 bits per heavy atom. The predicted molar refractivity (Wildman–Crippen MR) is 166 cm³/mol. The van der Waals surface area contributed by atoms with E-state index >= 15 is 0 Å². The maximum absolute atomic E-state index is 13.5. The van der Waals surface area contributed by atoms with Crippen molar-refractivity contribution in [1.29, 1.82) is 0 Å². The second kappa shape index (κ2) is 8.47. The van der Waals surface area contributed by atoms with Crippen molar-refractivity contribution in [1.82, 2.24) is 0 Å². The largest absolute Gasteiger partial charge is 0.301 e. The quantitative estimate of drug-likeness (QED) is 0.0915. The van der Waals surface area contributed by atoms with Gasteiger partial charge >= 0.3 is 0 Å². The Kier molecular flexibility index (Phi) is 5.57. The zero-order valence-corrected chi connectivity index (χ0v) is 25.7. The number of anilines is 3. The first-order valence-electron chi connectivity index (χ1n) is 12.7. The molecule has 3 aliphatic rings. The third-order valence-electron chi connectivity index (χ3n) is 8.53. The van der Waals surface area contributed by atoms with Crippen LogP contribution in [-0.2, 0) is 10.8 Å². The lowest BCUT2D eigenvalue weighted by Crippen LogP contribution is -2.37. The van der Waals surface area contributed by atoms with Crippen LogP contribution in [0.4, 0.5) is 16.4 Å². The highest BCUT2D eigenvalue weighted by Crippen LogP contribution is 2.61. The molecule has 40 heavy (non-hydrogen) atoms. The number of halogens is 4. The van der Waals surface area contributed by atoms with Gasteiger partial charge in [-0.25, -0.2) is 0 Å². The van der Waals surface area contributed by atoms with Crippen LogP contribution in [0.2, 0.25) is 20.1 Å². The number of benzene rings is 3. The summed E-state index contributed by atoms with van der Waals surface area (Å²) in [6.07, 6.45) is 1.64. The lowest BCUT2D eigenvalue weighted by molar-refractivity contribution is 0.0990. The maximum Gasteiger partial charge on any atom is 0.199 e. The molecule has 0 radical (unpaired) electrons. The number of carbonyl (C=O) groups is 2. The molecule has 2 aliphatic heterocycles. The van der Waals surface area contributed by atoms with Crippen molar-refractivity contribution in [3.63, 3.8) is 0 Å². The predicted octanol–water partition coefficient (Wildman–Crippen LogP) is 10.6. The van der Waals surface area contributed by atoms with Gasteiger partial charge in [0.15, 0.2) is 11.6 Å². The summed E-state index contributed by atoms with van der Waals surface area (Å²) in [6.45, 7) is 8.99. The van der Waals surface area contributed by atoms with Gasteiger partial charge < -0.3 is 4.90 Å². The van der Waals surface area contributed by atoms with Crippen LogP contribution in [0.25, 0.3) is 6.08 Å². The lowest BCUT2D eigenvalue weighted by atomic mass is 9.67. The van der Waals surface area contributed by atoms with Crippen LogP contribution in [0.1, 0.15) is 75.5 Å². The van der Waals surface area contributed by atoms with Crippen LogP contribution < -0.4 is 4.90 Å². The molecular formula is C32H21Cl4NO2S. The Labute approximate surface area is 255 Å². The molecule has 1 aromatic heterocycles. The Balaban J connectivity index is 1.44. The first-order valence-corrected chi connectivity index (χ1v) is 15.0. The van der Waals surface area contributed by atoms with E-state index in [0.29, 0.717) is 0 Å². The Bertz CT molecular complexity index is 1850. The topological polar surface area (TPSA) is 37.4 Å². The van der Waals surface area contributed by atoms with Gasteiger partial charge in [0.2, 0.25) is 0 Å². The van der Waals surface area contributed by atoms with Crippen LogP contribution in [0.15, 0.2) is 54.1 Å². The number of rotatable bonds is 1. The van der Waals surface area contributed by atoms with E-state index in [0.717, 1.165) is 21.1 Å². The molecule has 0 unspecified atom stereocenters. The van der Waals surface area contributed by atoms with Crippen molar-refractivity contribution in [2.24, 2.45) is 0 Å². The van der Waals surface area contributed by atoms with Gasteiger partial charge in [0.1, 0.15) is 5.00 Å². The third kappa shape index (κ3) is 3.20. The Morgan fingerprint density at radius 2 is 1.23 bits per heavy atom. The fourth-order valence-corrected chi connectivity index (χ4v) is 8.71. The van der Waals surface area contributed by atoms with Crippen molar-refractivity contribution in [3.8, 4) is 0 Å². The van der Waals surface area contributed by atoms with E-state index in [-0.39, 0.29) is 47.6 Å². The van der Waals surface area contributed by atoms with E-state index in [1.807, 2.05) is 0 Å². The molecule has 8 heteroatoms. The zero-order chi connectivity index (χ0) is 28.5. The fourth-order valence-electron chi connectivity index (χ4n) is 6.40. The summed E-state index contributed by atoms with van der Waals surface area (Å²) in [4.78, 5) is 30.1. The normalized spacial score (nSPS) is 17.4. The summed E-state index contributed by atoms with van der Waals surface area (Å²) in [7, 11) is 0. The minimum atomic E-state index is -0.508. The number of Topliss-reactive ketones (excluding diaryl/α,β-unsaturated/α-hetero) is 2. The van der Waals surface area contributed by atoms with E-state index in [1.54, 1.807) is 17.4 Å². The van der Waals surface area contributed by atoms with E-state index in [2.05, 4.69) is 81.1 Å². The number of thiophene rings is 1. The minimum Gasteiger partial charge on any atom is -0.301 e. The number of para-hydroxylation sites is 2. The van der Waals surface area contributed by atoms with Gasteiger partial charge in [0, 0.05) is 15.7 Å². The number of ketones is 2. The number of hydrogen-bond acceptors (Lipinski definition) is 4. The molecule has 1 aliphatic carbocycles. The van der Waals surface area contributed by atoms with Gasteiger partial charge in [-0.3, -0.25) is 9.59 Å². The summed E-state index contributed by atoms with van der Waals surface area (Å²) in [5, 5.41) is 0.869. The van der Waals surface area contributed by atoms with Crippen molar-refractivity contribution < 1.29 is 9.59 Å². The van der Waals surface area contributed by atoms with Crippen LogP contribution in [0.3, 0.4) is 0 Å². The molecule has 0 spiro atoms. The van der Waals surface area contributed by atoms with Crippen LogP contribution in [-0.4, -0.2) is 11.6 Å². The van der Waals surface area contributed by atoms with Gasteiger partial charge in [-0.1, -0.05) is 110 Å². The van der Waals surface area contributed by atoms with Crippen molar-refractivity contribution in [2.45, 2.75) is 38.5 Å². The molecule has 0 fully saturated rings. The zero-order valence-electron chi connectivity index (χ0n) is 21.9. The highest BCUT2D eigenvalue weighted by molar-refractivity contribution is 7.17. The van der Waals surface area contributed by atoms with Crippen LogP contribution in [0.5, 0.6) is 0 Å². The minimum absolute atomic E-state index is 0.00297. The fraction of sp³-hybridized carbons (Fsp3) is 0.188. The van der Waals surface area contributed by atoms with Crippen LogP contribution >= 0.6 is 57.7 Å². The standard InChI is InChI=1S/C32H21Cl4NO2S/c1-31(2)16-8-5-6-11-20(16)37-27-17(31)9-7-10-18(27)32(3,4)19-13-14(40-30(19)37)12-15-28(38)21-22(29(15)39)24(34)26(36)25(35)23(21)33/h5-13H,1-4H3. The van der Waals surface area contributed by atoms with Gasteiger partial charge in [0.25, 0.3) is 0 Å². The van der Waals surface area contributed by atoms with Crippen molar-refractivity contribution >= 4 is 91.8 Å². The average molecular weight is 625 g/mol. The molecule has 3 aromatic carbocycles. The van der Waals surface area contributed by atoms with Gasteiger partial charge in [-0.15, -0.1) is 11.3 Å². The van der Waals surface area contributed by atoms with Gasteiger partial charge in [-0.2, -0.15) is 0 Å². The number of nitrogens with zero attached hydrogens (tertiary/aromatic N) is 1. The monoisotopic (exact) mass is 623 g/mol. The SMILES string of the molecule is CC1(C)c2ccccc2N2c3sc(C=C4C(=O)c5c(Cl)c(Cl)c(Cl)c(Cl)c5C4=O)cc3C(C)(C)c3cccc1c32. The molecule has 3 heterocycles. The molecule has 0 saturated heterocycles. The highest BCUT2D eigenvalue weighted by atomic mass is 35.5. The number of carbonyl (C=O) groups excluding carboxylic acids is 2. The molecule has 3 nitrogen and oxygen atoms in total. The maximum atomic E-state index is 13.5. The first kappa shape index (κ1) is 26.3. The molecule has 200 valence electrons. The molecule has 0 atom stereocenters. The van der Waals surface area contributed by atoms with Gasteiger partial charge in [-0.05, 0) is 40.5 Å². The molecule has 7 rings (SSSR count).